The lowest BCUT2D eigenvalue weighted by Crippen LogP contribution is -2.35. The van der Waals surface area contributed by atoms with Crippen molar-refractivity contribution in [2.24, 2.45) is 5.92 Å². The smallest absolute Gasteiger partial charge is 0.254 e. The van der Waals surface area contributed by atoms with Gasteiger partial charge in [-0.05, 0) is 50.9 Å². The van der Waals surface area contributed by atoms with Crippen LogP contribution in [-0.2, 0) is 0 Å². The van der Waals surface area contributed by atoms with Gasteiger partial charge in [-0.1, -0.05) is 18.5 Å². The molecule has 1 aromatic rings. The van der Waals surface area contributed by atoms with Crippen LogP contribution in [0.3, 0.4) is 0 Å². The zero-order chi connectivity index (χ0) is 15.2. The van der Waals surface area contributed by atoms with Crippen molar-refractivity contribution >= 4 is 17.5 Å². The molecule has 0 aromatic carbocycles. The molecule has 1 saturated heterocycles. The largest absolute Gasteiger partial charge is 0.352 e. The number of hydrogen-bond donors (Lipinski definition) is 1. The van der Waals surface area contributed by atoms with Crippen molar-refractivity contribution in [2.75, 3.05) is 26.2 Å². The maximum absolute atomic E-state index is 13.1. The zero-order valence-corrected chi connectivity index (χ0v) is 13.0. The van der Waals surface area contributed by atoms with Crippen LogP contribution in [0.4, 0.5) is 4.39 Å². The van der Waals surface area contributed by atoms with Crippen LogP contribution in [0.2, 0.25) is 5.15 Å². The molecule has 1 aliphatic heterocycles. The van der Waals surface area contributed by atoms with Gasteiger partial charge in [-0.3, -0.25) is 4.79 Å². The van der Waals surface area contributed by atoms with Crippen molar-refractivity contribution in [3.63, 3.8) is 0 Å². The summed E-state index contributed by atoms with van der Waals surface area (Å²) in [5.74, 6) is -0.116. The van der Waals surface area contributed by atoms with Crippen LogP contribution in [0.25, 0.3) is 0 Å². The number of carbonyl (C=O) groups excluding carboxylic acids is 1. The molecule has 1 fully saturated rings. The number of piperidine rings is 1. The number of nitrogens with zero attached hydrogens (tertiary/aromatic N) is 2. The fourth-order valence-electron chi connectivity index (χ4n) is 2.47. The minimum atomic E-state index is -0.563. The quantitative estimate of drug-likeness (QED) is 0.671. The molecule has 1 amide bonds. The van der Waals surface area contributed by atoms with Crippen LogP contribution in [0, 0.1) is 11.7 Å². The van der Waals surface area contributed by atoms with Crippen LogP contribution in [0.15, 0.2) is 12.3 Å². The first-order valence-electron chi connectivity index (χ1n) is 7.38. The lowest BCUT2D eigenvalue weighted by molar-refractivity contribution is 0.0950. The van der Waals surface area contributed by atoms with E-state index in [0.717, 1.165) is 44.2 Å². The van der Waals surface area contributed by atoms with Gasteiger partial charge in [0.1, 0.15) is 11.0 Å². The fraction of sp³-hybridized carbons (Fsp3) is 0.600. The number of nitrogens with one attached hydrogen (secondary N) is 1. The van der Waals surface area contributed by atoms with Gasteiger partial charge in [0.25, 0.3) is 5.91 Å². The molecule has 2 rings (SSSR count). The predicted molar refractivity (Wildman–Crippen MR) is 81.0 cm³/mol. The monoisotopic (exact) mass is 313 g/mol. The highest BCUT2D eigenvalue weighted by Gasteiger charge is 2.15. The Balaban J connectivity index is 1.71. The summed E-state index contributed by atoms with van der Waals surface area (Å²) in [5, 5.41) is 2.79. The Bertz CT molecular complexity index is 490. The van der Waals surface area contributed by atoms with Crippen LogP contribution in [0.1, 0.15) is 36.5 Å². The molecule has 4 nitrogen and oxygen atoms in total. The molecule has 0 aliphatic carbocycles. The summed E-state index contributed by atoms with van der Waals surface area (Å²) in [4.78, 5) is 17.9. The van der Waals surface area contributed by atoms with E-state index in [-0.39, 0.29) is 16.6 Å². The van der Waals surface area contributed by atoms with Crippen molar-refractivity contribution in [1.29, 1.82) is 0 Å². The average Bonchev–Trinajstić information content (AvgIpc) is 2.47. The normalized spacial score (nSPS) is 16.9. The minimum Gasteiger partial charge on any atom is -0.352 e. The van der Waals surface area contributed by atoms with E-state index in [0.29, 0.717) is 6.54 Å². The highest BCUT2D eigenvalue weighted by atomic mass is 35.5. The van der Waals surface area contributed by atoms with Gasteiger partial charge in [0, 0.05) is 6.54 Å². The molecule has 0 saturated carbocycles. The molecular formula is C15H21ClFN3O. The van der Waals surface area contributed by atoms with Gasteiger partial charge < -0.3 is 10.2 Å². The second kappa shape index (κ2) is 7.71. The summed E-state index contributed by atoms with van der Waals surface area (Å²) in [6.07, 6.45) is 4.37. The Morgan fingerprint density at radius 1 is 1.52 bits per heavy atom. The van der Waals surface area contributed by atoms with Crippen LogP contribution < -0.4 is 5.32 Å². The Kier molecular flexibility index (Phi) is 5.94. The van der Waals surface area contributed by atoms with E-state index in [2.05, 4.69) is 22.1 Å². The summed E-state index contributed by atoms with van der Waals surface area (Å²) in [7, 11) is 0. The number of carbonyl (C=O) groups is 1. The molecular weight excluding hydrogens is 293 g/mol. The maximum atomic E-state index is 13.1. The molecule has 21 heavy (non-hydrogen) atoms. The summed E-state index contributed by atoms with van der Waals surface area (Å²) >= 11 is 5.79. The van der Waals surface area contributed by atoms with E-state index in [4.69, 9.17) is 11.6 Å². The summed E-state index contributed by atoms with van der Waals surface area (Å²) in [6, 6.07) is 1.11. The SMILES string of the molecule is CC1CCN(CCCNC(=O)c2cc(F)cnc2Cl)CC1. The third-order valence-corrected chi connectivity index (χ3v) is 4.16. The first-order valence-corrected chi connectivity index (χ1v) is 7.75. The molecule has 0 radical (unpaired) electrons. The molecule has 1 aliphatic rings. The predicted octanol–water partition coefficient (Wildman–Crippen LogP) is 2.73. The van der Waals surface area contributed by atoms with Crippen LogP contribution >= 0.6 is 11.6 Å². The number of pyridine rings is 1. The van der Waals surface area contributed by atoms with Gasteiger partial charge in [-0.2, -0.15) is 0 Å². The standard InChI is InChI=1S/C15H21ClFN3O/c1-11-3-7-20(8-4-11)6-2-5-18-15(21)13-9-12(17)10-19-14(13)16/h9-11H,2-8H2,1H3,(H,18,21). The first-order chi connectivity index (χ1) is 10.1. The van der Waals surface area contributed by atoms with E-state index in [1.165, 1.54) is 12.8 Å². The molecule has 1 N–H and O–H groups in total. The van der Waals surface area contributed by atoms with Gasteiger partial charge in [-0.25, -0.2) is 9.37 Å². The van der Waals surface area contributed by atoms with Crippen LogP contribution in [-0.4, -0.2) is 42.0 Å². The number of rotatable bonds is 5. The molecule has 0 atom stereocenters. The molecule has 116 valence electrons. The topological polar surface area (TPSA) is 45.2 Å². The summed E-state index contributed by atoms with van der Waals surface area (Å²) < 4.78 is 13.1. The van der Waals surface area contributed by atoms with E-state index >= 15 is 0 Å². The molecule has 6 heteroatoms. The lowest BCUT2D eigenvalue weighted by atomic mass is 9.99. The van der Waals surface area contributed by atoms with E-state index in [1.54, 1.807) is 0 Å². The minimum absolute atomic E-state index is 0.0268. The number of halogens is 2. The van der Waals surface area contributed by atoms with Crippen molar-refractivity contribution in [3.05, 3.63) is 28.8 Å². The highest BCUT2D eigenvalue weighted by molar-refractivity contribution is 6.32. The second-order valence-electron chi connectivity index (χ2n) is 5.63. The Morgan fingerprint density at radius 2 is 2.24 bits per heavy atom. The molecule has 0 unspecified atom stereocenters. The number of hydrogen-bond acceptors (Lipinski definition) is 3. The van der Waals surface area contributed by atoms with Crippen molar-refractivity contribution < 1.29 is 9.18 Å². The average molecular weight is 314 g/mol. The zero-order valence-electron chi connectivity index (χ0n) is 12.2. The summed E-state index contributed by atoms with van der Waals surface area (Å²) in [6.45, 7) is 6.08. The Labute approximate surface area is 129 Å². The van der Waals surface area contributed by atoms with Crippen LogP contribution in [0.5, 0.6) is 0 Å². The number of amides is 1. The second-order valence-corrected chi connectivity index (χ2v) is 5.98. The molecule has 0 spiro atoms. The van der Waals surface area contributed by atoms with Gasteiger partial charge in [0.15, 0.2) is 0 Å². The molecule has 0 bridgehead atoms. The van der Waals surface area contributed by atoms with Gasteiger partial charge >= 0.3 is 0 Å². The molecule has 1 aromatic heterocycles. The van der Waals surface area contributed by atoms with E-state index < -0.39 is 5.82 Å². The van der Waals surface area contributed by atoms with Gasteiger partial charge in [-0.15, -0.1) is 0 Å². The van der Waals surface area contributed by atoms with E-state index in [9.17, 15) is 9.18 Å². The van der Waals surface area contributed by atoms with Gasteiger partial charge in [0.2, 0.25) is 0 Å². The first kappa shape index (κ1) is 16.2. The fourth-order valence-corrected chi connectivity index (χ4v) is 2.66. The number of likely N-dealkylation sites (tertiary alicyclic amines) is 1. The van der Waals surface area contributed by atoms with Gasteiger partial charge in [0.05, 0.1) is 11.8 Å². The van der Waals surface area contributed by atoms with E-state index in [1.807, 2.05) is 0 Å². The Morgan fingerprint density at radius 3 is 2.95 bits per heavy atom. The maximum Gasteiger partial charge on any atom is 0.254 e. The molecule has 2 heterocycles. The lowest BCUT2D eigenvalue weighted by Gasteiger charge is -2.30. The highest BCUT2D eigenvalue weighted by Crippen LogP contribution is 2.16. The third-order valence-electron chi connectivity index (χ3n) is 3.86. The third kappa shape index (κ3) is 4.93. The summed E-state index contributed by atoms with van der Waals surface area (Å²) in [5.41, 5.74) is 0.0865. The number of aromatic nitrogens is 1. The Hall–Kier alpha value is -1.20. The van der Waals surface area contributed by atoms with Crippen molar-refractivity contribution in [2.45, 2.75) is 26.2 Å². The van der Waals surface area contributed by atoms with Crippen molar-refractivity contribution in [1.82, 2.24) is 15.2 Å². The van der Waals surface area contributed by atoms with Crippen molar-refractivity contribution in [3.8, 4) is 0 Å².